The van der Waals surface area contributed by atoms with Crippen molar-refractivity contribution in [2.24, 2.45) is 0 Å². The topological polar surface area (TPSA) is 63.0 Å². The van der Waals surface area contributed by atoms with E-state index in [1.165, 1.54) is 32.1 Å². The highest BCUT2D eigenvalue weighted by atomic mass is 15.6. The summed E-state index contributed by atoms with van der Waals surface area (Å²) >= 11 is 0. The standard InChI is InChI=1S/C19H29N7/c1-16(19-21-22-23-26(19)18-8-3-2-4-9-18)25-13-11-24(12-14-25)15-17-7-5-6-10-20-17/h5-7,10,16,18H,2-4,8-9,11-15H2,1H3. The Morgan fingerprint density at radius 2 is 1.88 bits per heavy atom. The normalized spacial score (nSPS) is 21.7. The zero-order valence-corrected chi connectivity index (χ0v) is 15.7. The maximum atomic E-state index is 4.45. The van der Waals surface area contributed by atoms with Gasteiger partial charge in [0.15, 0.2) is 5.82 Å². The van der Waals surface area contributed by atoms with Gasteiger partial charge in [0.2, 0.25) is 0 Å². The van der Waals surface area contributed by atoms with E-state index in [2.05, 4.69) is 54.0 Å². The minimum Gasteiger partial charge on any atom is -0.295 e. The van der Waals surface area contributed by atoms with Crippen molar-refractivity contribution in [1.82, 2.24) is 35.0 Å². The molecule has 140 valence electrons. The van der Waals surface area contributed by atoms with Gasteiger partial charge in [0.05, 0.1) is 17.8 Å². The highest BCUT2D eigenvalue weighted by Gasteiger charge is 2.28. The van der Waals surface area contributed by atoms with E-state index in [0.29, 0.717) is 6.04 Å². The third kappa shape index (κ3) is 3.94. The van der Waals surface area contributed by atoms with Gasteiger partial charge in [0.1, 0.15) is 0 Å². The highest BCUT2D eigenvalue weighted by Crippen LogP contribution is 2.30. The van der Waals surface area contributed by atoms with Gasteiger partial charge in [-0.3, -0.25) is 14.8 Å². The van der Waals surface area contributed by atoms with Crippen molar-refractivity contribution in [3.05, 3.63) is 35.9 Å². The Morgan fingerprint density at radius 1 is 1.08 bits per heavy atom. The molecule has 0 N–H and O–H groups in total. The van der Waals surface area contributed by atoms with Gasteiger partial charge in [-0.2, -0.15) is 0 Å². The summed E-state index contributed by atoms with van der Waals surface area (Å²) in [6.07, 6.45) is 8.24. The second-order valence-corrected chi connectivity index (χ2v) is 7.58. The Morgan fingerprint density at radius 3 is 2.62 bits per heavy atom. The molecule has 26 heavy (non-hydrogen) atoms. The third-order valence-electron chi connectivity index (χ3n) is 5.88. The SMILES string of the molecule is CC(c1nnnn1C1CCCCC1)N1CCN(Cc2ccccn2)CC1. The molecule has 1 aliphatic carbocycles. The van der Waals surface area contributed by atoms with Crippen LogP contribution < -0.4 is 0 Å². The fraction of sp³-hybridized carbons (Fsp3) is 0.684. The number of piperazine rings is 1. The molecule has 1 saturated carbocycles. The molecule has 1 atom stereocenters. The van der Waals surface area contributed by atoms with Crippen LogP contribution in [0.1, 0.15) is 62.6 Å². The monoisotopic (exact) mass is 355 g/mol. The van der Waals surface area contributed by atoms with Crippen LogP contribution in [0.2, 0.25) is 0 Å². The molecule has 3 heterocycles. The van der Waals surface area contributed by atoms with E-state index < -0.39 is 0 Å². The fourth-order valence-electron chi connectivity index (χ4n) is 4.25. The quantitative estimate of drug-likeness (QED) is 0.821. The second kappa shape index (κ2) is 8.22. The summed E-state index contributed by atoms with van der Waals surface area (Å²) < 4.78 is 2.12. The molecule has 2 fully saturated rings. The molecular weight excluding hydrogens is 326 g/mol. The summed E-state index contributed by atoms with van der Waals surface area (Å²) in [5.74, 6) is 1.04. The minimum atomic E-state index is 0.268. The van der Waals surface area contributed by atoms with Crippen LogP contribution in [-0.4, -0.2) is 61.2 Å². The first-order valence-corrected chi connectivity index (χ1v) is 9.95. The van der Waals surface area contributed by atoms with Crippen molar-refractivity contribution in [3.8, 4) is 0 Å². The zero-order valence-electron chi connectivity index (χ0n) is 15.7. The van der Waals surface area contributed by atoms with E-state index in [-0.39, 0.29) is 6.04 Å². The van der Waals surface area contributed by atoms with Crippen molar-refractivity contribution in [2.75, 3.05) is 26.2 Å². The molecule has 2 aliphatic rings. The molecule has 0 aromatic carbocycles. The van der Waals surface area contributed by atoms with Gasteiger partial charge in [-0.25, -0.2) is 4.68 Å². The molecule has 0 radical (unpaired) electrons. The van der Waals surface area contributed by atoms with E-state index in [9.17, 15) is 0 Å². The Labute approximate surface area is 155 Å². The molecule has 4 rings (SSSR count). The molecule has 0 bridgehead atoms. The van der Waals surface area contributed by atoms with Crippen LogP contribution in [0.15, 0.2) is 24.4 Å². The molecule has 2 aromatic rings. The smallest absolute Gasteiger partial charge is 0.168 e. The van der Waals surface area contributed by atoms with Gasteiger partial charge < -0.3 is 0 Å². The van der Waals surface area contributed by atoms with Crippen LogP contribution in [0.25, 0.3) is 0 Å². The lowest BCUT2D eigenvalue weighted by Crippen LogP contribution is -2.47. The Balaban J connectivity index is 1.35. The lowest BCUT2D eigenvalue weighted by atomic mass is 9.95. The number of tetrazole rings is 1. The van der Waals surface area contributed by atoms with Crippen LogP contribution in [0.4, 0.5) is 0 Å². The van der Waals surface area contributed by atoms with Crippen LogP contribution in [-0.2, 0) is 6.54 Å². The average Bonchev–Trinajstić information content (AvgIpc) is 3.19. The summed E-state index contributed by atoms with van der Waals surface area (Å²) in [4.78, 5) is 9.44. The molecule has 7 heteroatoms. The van der Waals surface area contributed by atoms with E-state index in [1.54, 1.807) is 0 Å². The third-order valence-corrected chi connectivity index (χ3v) is 5.88. The molecule has 1 unspecified atom stereocenters. The minimum absolute atomic E-state index is 0.268. The van der Waals surface area contributed by atoms with Crippen LogP contribution >= 0.6 is 0 Å². The first kappa shape index (κ1) is 17.5. The largest absolute Gasteiger partial charge is 0.295 e. The van der Waals surface area contributed by atoms with Gasteiger partial charge in [-0.1, -0.05) is 25.3 Å². The molecule has 0 amide bonds. The number of aromatic nitrogens is 5. The highest BCUT2D eigenvalue weighted by molar-refractivity contribution is 5.03. The van der Waals surface area contributed by atoms with E-state index in [1.807, 2.05) is 12.3 Å². The van der Waals surface area contributed by atoms with Gasteiger partial charge in [0.25, 0.3) is 0 Å². The first-order valence-electron chi connectivity index (χ1n) is 9.95. The molecule has 2 aromatic heterocycles. The predicted octanol–water partition coefficient (Wildman–Crippen LogP) is 2.45. The Hall–Kier alpha value is -1.86. The molecule has 7 nitrogen and oxygen atoms in total. The maximum absolute atomic E-state index is 4.45. The maximum Gasteiger partial charge on any atom is 0.168 e. The number of hydrogen-bond donors (Lipinski definition) is 0. The van der Waals surface area contributed by atoms with Crippen molar-refractivity contribution in [2.45, 2.75) is 57.7 Å². The Kier molecular flexibility index (Phi) is 5.55. The molecule has 0 spiro atoms. The summed E-state index contributed by atoms with van der Waals surface area (Å²) in [7, 11) is 0. The average molecular weight is 355 g/mol. The fourth-order valence-corrected chi connectivity index (χ4v) is 4.25. The van der Waals surface area contributed by atoms with E-state index >= 15 is 0 Å². The zero-order chi connectivity index (χ0) is 17.8. The van der Waals surface area contributed by atoms with Gasteiger partial charge >= 0.3 is 0 Å². The van der Waals surface area contributed by atoms with E-state index in [4.69, 9.17) is 0 Å². The molecule has 1 aliphatic heterocycles. The van der Waals surface area contributed by atoms with Crippen LogP contribution in [0, 0.1) is 0 Å². The lowest BCUT2D eigenvalue weighted by Gasteiger charge is -2.37. The Bertz CT molecular complexity index is 672. The van der Waals surface area contributed by atoms with Crippen molar-refractivity contribution in [1.29, 1.82) is 0 Å². The van der Waals surface area contributed by atoms with Crippen molar-refractivity contribution < 1.29 is 0 Å². The van der Waals surface area contributed by atoms with Crippen molar-refractivity contribution >= 4 is 0 Å². The number of hydrogen-bond acceptors (Lipinski definition) is 6. The summed E-state index contributed by atoms with van der Waals surface area (Å²) in [5.41, 5.74) is 1.15. The van der Waals surface area contributed by atoms with E-state index in [0.717, 1.165) is 44.2 Å². The van der Waals surface area contributed by atoms with Crippen LogP contribution in [0.5, 0.6) is 0 Å². The molecule has 1 saturated heterocycles. The predicted molar refractivity (Wildman–Crippen MR) is 99.4 cm³/mol. The van der Waals surface area contributed by atoms with Crippen molar-refractivity contribution in [3.63, 3.8) is 0 Å². The van der Waals surface area contributed by atoms with Gasteiger partial charge in [-0.15, -0.1) is 5.10 Å². The first-order chi connectivity index (χ1) is 12.8. The second-order valence-electron chi connectivity index (χ2n) is 7.58. The summed E-state index contributed by atoms with van der Waals surface area (Å²) in [6.45, 7) is 7.40. The summed E-state index contributed by atoms with van der Waals surface area (Å²) in [5, 5.41) is 12.7. The van der Waals surface area contributed by atoms with Gasteiger partial charge in [0, 0.05) is 38.9 Å². The number of rotatable bonds is 5. The molecular formula is C19H29N7. The number of pyridine rings is 1. The summed E-state index contributed by atoms with van der Waals surface area (Å²) in [6, 6.07) is 6.89. The van der Waals surface area contributed by atoms with Crippen LogP contribution in [0.3, 0.4) is 0 Å². The lowest BCUT2D eigenvalue weighted by molar-refractivity contribution is 0.0906. The number of nitrogens with zero attached hydrogens (tertiary/aromatic N) is 7. The van der Waals surface area contributed by atoms with Gasteiger partial charge in [-0.05, 0) is 42.3 Å².